The van der Waals surface area contributed by atoms with Crippen molar-refractivity contribution in [2.24, 2.45) is 5.92 Å². The van der Waals surface area contributed by atoms with Crippen molar-refractivity contribution in [1.82, 2.24) is 5.32 Å². The highest BCUT2D eigenvalue weighted by atomic mass is 32.1. The highest BCUT2D eigenvalue weighted by Gasteiger charge is 2.25. The minimum atomic E-state index is -1.13. The van der Waals surface area contributed by atoms with E-state index in [1.54, 1.807) is 35.6 Å². The molecule has 1 aliphatic rings. The maximum Gasteiger partial charge on any atom is 0.338 e. The molecule has 0 saturated heterocycles. The Balaban J connectivity index is 1.88. The van der Waals surface area contributed by atoms with E-state index in [1.165, 1.54) is 13.2 Å². The first-order chi connectivity index (χ1) is 16.8. The van der Waals surface area contributed by atoms with Gasteiger partial charge in [0.1, 0.15) is 5.75 Å². The van der Waals surface area contributed by atoms with Crippen LogP contribution >= 0.6 is 11.3 Å². The highest BCUT2D eigenvalue weighted by Crippen LogP contribution is 2.43. The number of carbonyl (C=O) groups excluding carboxylic acids is 2. The van der Waals surface area contributed by atoms with Crippen molar-refractivity contribution in [1.29, 1.82) is 0 Å². The molecular formula is C27H27NO6S. The molecule has 0 unspecified atom stereocenters. The number of thiophene rings is 1. The van der Waals surface area contributed by atoms with E-state index >= 15 is 0 Å². The number of fused-ring (bicyclic) bond motifs is 3. The van der Waals surface area contributed by atoms with Crippen LogP contribution in [0.15, 0.2) is 41.8 Å². The predicted molar refractivity (Wildman–Crippen MR) is 134 cm³/mol. The molecule has 0 aliphatic carbocycles. The molecule has 3 aromatic rings. The molecule has 1 aliphatic heterocycles. The van der Waals surface area contributed by atoms with Crippen LogP contribution in [0.5, 0.6) is 5.75 Å². The lowest BCUT2D eigenvalue weighted by Crippen LogP contribution is -2.27. The van der Waals surface area contributed by atoms with Gasteiger partial charge < -0.3 is 19.9 Å². The number of hydrogen-bond donors (Lipinski definition) is 2. The van der Waals surface area contributed by atoms with Gasteiger partial charge in [-0.1, -0.05) is 19.9 Å². The summed E-state index contributed by atoms with van der Waals surface area (Å²) in [5.74, 6) is -1.28. The molecule has 4 rings (SSSR count). The number of methoxy groups -OCH3 is 1. The molecule has 8 heteroatoms. The van der Waals surface area contributed by atoms with E-state index < -0.39 is 11.9 Å². The van der Waals surface area contributed by atoms with Crippen molar-refractivity contribution in [2.45, 2.75) is 26.7 Å². The fourth-order valence-electron chi connectivity index (χ4n) is 4.09. The van der Waals surface area contributed by atoms with E-state index in [-0.39, 0.29) is 28.5 Å². The summed E-state index contributed by atoms with van der Waals surface area (Å²) in [4.78, 5) is 38.7. The van der Waals surface area contributed by atoms with E-state index in [2.05, 4.69) is 11.4 Å². The fraction of sp³-hybridized carbons (Fsp3) is 0.296. The van der Waals surface area contributed by atoms with E-state index in [9.17, 15) is 19.5 Å². The first-order valence-electron chi connectivity index (χ1n) is 11.4. The number of aryl methyl sites for hydroxylation is 1. The second kappa shape index (κ2) is 10.3. The monoisotopic (exact) mass is 493 g/mol. The van der Waals surface area contributed by atoms with Gasteiger partial charge in [0.05, 0.1) is 24.8 Å². The summed E-state index contributed by atoms with van der Waals surface area (Å²) in [5, 5.41) is 14.9. The number of aromatic carboxylic acids is 1. The fourth-order valence-corrected chi connectivity index (χ4v) is 5.06. The third kappa shape index (κ3) is 5.07. The topological polar surface area (TPSA) is 102 Å². The Bertz CT molecular complexity index is 1290. The summed E-state index contributed by atoms with van der Waals surface area (Å²) in [5.41, 5.74) is 3.00. The minimum absolute atomic E-state index is 0.0365. The van der Waals surface area contributed by atoms with E-state index in [4.69, 9.17) is 9.47 Å². The smallest absolute Gasteiger partial charge is 0.338 e. The molecule has 1 aromatic heterocycles. The van der Waals surface area contributed by atoms with Crippen LogP contribution in [0.2, 0.25) is 0 Å². The second-order valence-corrected chi connectivity index (χ2v) is 9.70. The van der Waals surface area contributed by atoms with E-state index in [0.29, 0.717) is 30.0 Å². The number of carboxylic acid groups (broad SMARTS) is 1. The summed E-state index contributed by atoms with van der Waals surface area (Å²) in [6.07, 6.45) is 1.70. The number of carboxylic acids is 1. The maximum atomic E-state index is 12.7. The van der Waals surface area contributed by atoms with Crippen LogP contribution in [-0.2, 0) is 11.2 Å². The zero-order valence-corrected chi connectivity index (χ0v) is 20.7. The molecule has 7 nitrogen and oxygen atoms in total. The SMILES string of the molecule is COC(=O)c1cc(C(=O)NCC(C)C)ccc1-c1cc2c(cc1C(=O)O)-c1sccc1CCCO2. The zero-order chi connectivity index (χ0) is 25.1. The standard InChI is InChI=1S/C27H27NO6S/c1-15(2)14-28-25(29)17-6-7-18(21(11-17)27(32)33-3)19-13-23-22(12-20(19)26(30)31)24-16(8-10-35-24)5-4-9-34-23/h6-8,10-13,15H,4-5,9,14H2,1-3H3,(H,28,29)(H,30,31). The molecule has 35 heavy (non-hydrogen) atoms. The normalized spacial score (nSPS) is 12.6. The molecule has 2 N–H and O–H groups in total. The number of hydrogen-bond acceptors (Lipinski definition) is 6. The zero-order valence-electron chi connectivity index (χ0n) is 19.8. The third-order valence-electron chi connectivity index (χ3n) is 5.84. The molecule has 2 heterocycles. The number of esters is 1. The van der Waals surface area contributed by atoms with Gasteiger partial charge in [-0.05, 0) is 65.6 Å². The Morgan fingerprint density at radius 3 is 2.60 bits per heavy atom. The van der Waals surface area contributed by atoms with Crippen molar-refractivity contribution in [3.05, 3.63) is 64.0 Å². The Kier molecular flexibility index (Phi) is 7.21. The van der Waals surface area contributed by atoms with Crippen molar-refractivity contribution in [2.75, 3.05) is 20.3 Å². The van der Waals surface area contributed by atoms with Crippen LogP contribution in [0.25, 0.3) is 21.6 Å². The first-order valence-corrected chi connectivity index (χ1v) is 12.3. The average Bonchev–Trinajstić information content (AvgIpc) is 3.29. The first kappa shape index (κ1) is 24.5. The molecule has 0 fully saturated rings. The number of nitrogens with one attached hydrogen (secondary N) is 1. The van der Waals surface area contributed by atoms with Crippen molar-refractivity contribution >= 4 is 29.2 Å². The molecule has 0 atom stereocenters. The summed E-state index contributed by atoms with van der Waals surface area (Å²) in [6, 6.07) is 9.95. The van der Waals surface area contributed by atoms with Crippen LogP contribution in [0.1, 0.15) is 56.9 Å². The molecule has 0 spiro atoms. The van der Waals surface area contributed by atoms with Gasteiger partial charge in [-0.15, -0.1) is 11.3 Å². The number of rotatable bonds is 6. The maximum absolute atomic E-state index is 12.7. The number of ether oxygens (including phenoxy) is 2. The lowest BCUT2D eigenvalue weighted by atomic mass is 9.91. The van der Waals surface area contributed by atoms with Crippen molar-refractivity contribution in [3.63, 3.8) is 0 Å². The molecule has 1 amide bonds. The van der Waals surface area contributed by atoms with Crippen molar-refractivity contribution in [3.8, 4) is 27.3 Å². The van der Waals surface area contributed by atoms with E-state index in [1.807, 2.05) is 19.2 Å². The van der Waals surface area contributed by atoms with Crippen LogP contribution in [0.3, 0.4) is 0 Å². The summed E-state index contributed by atoms with van der Waals surface area (Å²) in [7, 11) is 1.25. The quantitative estimate of drug-likeness (QED) is 0.453. The lowest BCUT2D eigenvalue weighted by molar-refractivity contribution is 0.0600. The molecule has 0 bridgehead atoms. The Hall–Kier alpha value is -3.65. The second-order valence-electron chi connectivity index (χ2n) is 8.78. The van der Waals surface area contributed by atoms with Crippen molar-refractivity contribution < 1.29 is 29.0 Å². The van der Waals surface area contributed by atoms with Gasteiger partial charge in [0.25, 0.3) is 5.91 Å². The molecule has 2 aromatic carbocycles. The summed E-state index contributed by atoms with van der Waals surface area (Å²) in [6.45, 7) is 4.95. The van der Waals surface area contributed by atoms with Gasteiger partial charge in [0, 0.05) is 28.1 Å². The summed E-state index contributed by atoms with van der Waals surface area (Å²) >= 11 is 1.54. The van der Waals surface area contributed by atoms with Gasteiger partial charge in [0.15, 0.2) is 0 Å². The largest absolute Gasteiger partial charge is 0.493 e. The highest BCUT2D eigenvalue weighted by molar-refractivity contribution is 7.13. The number of carbonyl (C=O) groups is 3. The van der Waals surface area contributed by atoms with Gasteiger partial charge in [0.2, 0.25) is 0 Å². The molecule has 0 saturated carbocycles. The number of benzene rings is 2. The van der Waals surface area contributed by atoms with Crippen LogP contribution in [0.4, 0.5) is 0 Å². The lowest BCUT2D eigenvalue weighted by Gasteiger charge is -2.19. The van der Waals surface area contributed by atoms with Gasteiger partial charge in [-0.25, -0.2) is 9.59 Å². The minimum Gasteiger partial charge on any atom is -0.493 e. The molecule has 0 radical (unpaired) electrons. The third-order valence-corrected chi connectivity index (χ3v) is 6.83. The van der Waals surface area contributed by atoms with E-state index in [0.717, 1.165) is 28.8 Å². The Labute approximate surface area is 207 Å². The molecular weight excluding hydrogens is 466 g/mol. The summed E-state index contributed by atoms with van der Waals surface area (Å²) < 4.78 is 11.0. The van der Waals surface area contributed by atoms with Crippen LogP contribution in [0, 0.1) is 5.92 Å². The van der Waals surface area contributed by atoms with Crippen LogP contribution in [-0.4, -0.2) is 43.2 Å². The Morgan fingerprint density at radius 1 is 1.09 bits per heavy atom. The average molecular weight is 494 g/mol. The van der Waals surface area contributed by atoms with Gasteiger partial charge in [-0.2, -0.15) is 0 Å². The number of amides is 1. The Morgan fingerprint density at radius 2 is 1.89 bits per heavy atom. The molecule has 182 valence electrons. The predicted octanol–water partition coefficient (Wildman–Crippen LogP) is 5.28. The van der Waals surface area contributed by atoms with Gasteiger partial charge in [-0.3, -0.25) is 4.79 Å². The van der Waals surface area contributed by atoms with Crippen LogP contribution < -0.4 is 10.1 Å². The van der Waals surface area contributed by atoms with Gasteiger partial charge >= 0.3 is 11.9 Å².